The van der Waals surface area contributed by atoms with Gasteiger partial charge in [-0.3, -0.25) is 4.79 Å². The van der Waals surface area contributed by atoms with Crippen molar-refractivity contribution >= 4 is 5.91 Å². The molecule has 102 valence electrons. The third-order valence-electron chi connectivity index (χ3n) is 2.68. The van der Waals surface area contributed by atoms with E-state index in [0.717, 1.165) is 0 Å². The molecule has 1 N–H and O–H groups in total. The molecule has 0 saturated carbocycles. The molecular formula is C15H14N2O3. The fourth-order valence-electron chi connectivity index (χ4n) is 1.70. The van der Waals surface area contributed by atoms with Gasteiger partial charge in [0.15, 0.2) is 6.61 Å². The number of amides is 1. The van der Waals surface area contributed by atoms with Gasteiger partial charge in [-0.1, -0.05) is 6.07 Å². The zero-order chi connectivity index (χ0) is 14.4. The number of carbonyl (C=O) groups is 1. The Morgan fingerprint density at radius 3 is 3.00 bits per heavy atom. The van der Waals surface area contributed by atoms with E-state index in [4.69, 9.17) is 14.4 Å². The highest BCUT2D eigenvalue weighted by Crippen LogP contribution is 2.14. The Bertz CT molecular complexity index is 614. The number of benzene rings is 1. The van der Waals surface area contributed by atoms with Crippen molar-refractivity contribution < 1.29 is 13.9 Å². The van der Waals surface area contributed by atoms with Crippen LogP contribution in [0.5, 0.6) is 5.75 Å². The fraction of sp³-hybridized carbons (Fsp3) is 0.200. The second-order valence-electron chi connectivity index (χ2n) is 4.23. The summed E-state index contributed by atoms with van der Waals surface area (Å²) in [6.45, 7) is 1.72. The molecule has 0 spiro atoms. The van der Waals surface area contributed by atoms with Crippen LogP contribution in [0.3, 0.4) is 0 Å². The first-order valence-electron chi connectivity index (χ1n) is 6.15. The largest absolute Gasteiger partial charge is 0.484 e. The van der Waals surface area contributed by atoms with Crippen LogP contribution < -0.4 is 10.1 Å². The molecule has 0 radical (unpaired) electrons. The second kappa shape index (κ2) is 6.43. The Balaban J connectivity index is 1.84. The third-order valence-corrected chi connectivity index (χ3v) is 2.68. The van der Waals surface area contributed by atoms with Crippen LogP contribution in [0.25, 0.3) is 0 Å². The number of hydrogen-bond donors (Lipinski definition) is 1. The number of furan rings is 1. The van der Waals surface area contributed by atoms with E-state index in [1.54, 1.807) is 42.7 Å². The van der Waals surface area contributed by atoms with E-state index in [1.807, 2.05) is 13.0 Å². The molecule has 0 bridgehead atoms. The summed E-state index contributed by atoms with van der Waals surface area (Å²) < 4.78 is 10.5. The highest BCUT2D eigenvalue weighted by Gasteiger charge is 2.12. The van der Waals surface area contributed by atoms with Crippen LogP contribution in [0.1, 0.15) is 24.3 Å². The molecule has 1 unspecified atom stereocenters. The van der Waals surface area contributed by atoms with Gasteiger partial charge in [0.2, 0.25) is 0 Å². The van der Waals surface area contributed by atoms with Gasteiger partial charge in [-0.05, 0) is 37.3 Å². The lowest BCUT2D eigenvalue weighted by Gasteiger charge is -2.12. The Hall–Kier alpha value is -2.74. The second-order valence-corrected chi connectivity index (χ2v) is 4.23. The van der Waals surface area contributed by atoms with Crippen LogP contribution in [-0.4, -0.2) is 12.5 Å². The monoisotopic (exact) mass is 270 g/mol. The summed E-state index contributed by atoms with van der Waals surface area (Å²) in [4.78, 5) is 11.7. The summed E-state index contributed by atoms with van der Waals surface area (Å²) in [5.74, 6) is 0.922. The topological polar surface area (TPSA) is 75.3 Å². The summed E-state index contributed by atoms with van der Waals surface area (Å²) in [7, 11) is 0. The smallest absolute Gasteiger partial charge is 0.258 e. The molecule has 0 saturated heterocycles. The molecule has 0 aliphatic carbocycles. The standard InChI is InChI=1S/C15H14N2O3/c1-11(14-6-3-7-19-14)17-15(18)10-20-13-5-2-4-12(8-13)9-16/h2-8,11H,10H2,1H3,(H,17,18). The molecule has 20 heavy (non-hydrogen) atoms. The van der Waals surface area contributed by atoms with Crippen molar-refractivity contribution in [3.63, 3.8) is 0 Å². The fourth-order valence-corrected chi connectivity index (χ4v) is 1.70. The molecule has 2 aromatic rings. The first kappa shape index (κ1) is 13.7. The van der Waals surface area contributed by atoms with Gasteiger partial charge in [-0.2, -0.15) is 5.26 Å². The molecular weight excluding hydrogens is 256 g/mol. The first-order valence-corrected chi connectivity index (χ1v) is 6.15. The van der Waals surface area contributed by atoms with E-state index in [2.05, 4.69) is 5.32 Å². The van der Waals surface area contributed by atoms with Crippen molar-refractivity contribution in [2.45, 2.75) is 13.0 Å². The lowest BCUT2D eigenvalue weighted by Crippen LogP contribution is -2.31. The van der Waals surface area contributed by atoms with Crippen LogP contribution in [0, 0.1) is 11.3 Å². The average molecular weight is 270 g/mol. The van der Waals surface area contributed by atoms with Crippen LogP contribution >= 0.6 is 0 Å². The van der Waals surface area contributed by atoms with Crippen molar-refractivity contribution in [1.29, 1.82) is 5.26 Å². The number of nitriles is 1. The zero-order valence-corrected chi connectivity index (χ0v) is 11.0. The average Bonchev–Trinajstić information content (AvgIpc) is 2.99. The van der Waals surface area contributed by atoms with E-state index in [-0.39, 0.29) is 18.6 Å². The van der Waals surface area contributed by atoms with Crippen molar-refractivity contribution in [2.75, 3.05) is 6.61 Å². The number of nitrogens with one attached hydrogen (secondary N) is 1. The van der Waals surface area contributed by atoms with Gasteiger partial charge in [0.1, 0.15) is 11.5 Å². The molecule has 1 aromatic carbocycles. The Kier molecular flexibility index (Phi) is 4.40. The lowest BCUT2D eigenvalue weighted by atomic mass is 10.2. The van der Waals surface area contributed by atoms with E-state index in [9.17, 15) is 4.79 Å². The van der Waals surface area contributed by atoms with Crippen LogP contribution in [0.15, 0.2) is 47.1 Å². The summed E-state index contributed by atoms with van der Waals surface area (Å²) in [6.07, 6.45) is 1.56. The van der Waals surface area contributed by atoms with Crippen molar-refractivity contribution in [1.82, 2.24) is 5.32 Å². The minimum absolute atomic E-state index is 0.111. The maximum atomic E-state index is 11.7. The van der Waals surface area contributed by atoms with Crippen molar-refractivity contribution in [3.8, 4) is 11.8 Å². The molecule has 1 aromatic heterocycles. The van der Waals surface area contributed by atoms with Gasteiger partial charge in [-0.25, -0.2) is 0 Å². The Morgan fingerprint density at radius 1 is 1.45 bits per heavy atom. The highest BCUT2D eigenvalue weighted by atomic mass is 16.5. The van der Waals surface area contributed by atoms with Crippen molar-refractivity contribution in [2.24, 2.45) is 0 Å². The van der Waals surface area contributed by atoms with E-state index >= 15 is 0 Å². The maximum absolute atomic E-state index is 11.7. The van der Waals surface area contributed by atoms with Gasteiger partial charge in [0.05, 0.1) is 23.9 Å². The number of ether oxygens (including phenoxy) is 1. The van der Waals surface area contributed by atoms with E-state index in [1.165, 1.54) is 0 Å². The van der Waals surface area contributed by atoms with Gasteiger partial charge in [0.25, 0.3) is 5.91 Å². The SMILES string of the molecule is CC(NC(=O)COc1cccc(C#N)c1)c1ccco1. The summed E-state index contributed by atoms with van der Waals surface area (Å²) in [5, 5.41) is 11.5. The minimum atomic E-state index is -0.253. The maximum Gasteiger partial charge on any atom is 0.258 e. The minimum Gasteiger partial charge on any atom is -0.484 e. The van der Waals surface area contributed by atoms with E-state index < -0.39 is 0 Å². The normalized spacial score (nSPS) is 11.4. The molecule has 0 aliphatic heterocycles. The molecule has 5 nitrogen and oxygen atoms in total. The number of rotatable bonds is 5. The predicted molar refractivity (Wildman–Crippen MR) is 71.9 cm³/mol. The quantitative estimate of drug-likeness (QED) is 0.905. The number of hydrogen-bond acceptors (Lipinski definition) is 4. The van der Waals surface area contributed by atoms with Gasteiger partial charge >= 0.3 is 0 Å². The van der Waals surface area contributed by atoms with Crippen molar-refractivity contribution in [3.05, 3.63) is 54.0 Å². The summed E-state index contributed by atoms with van der Waals surface area (Å²) in [5.41, 5.74) is 0.492. The molecule has 0 fully saturated rings. The molecule has 2 rings (SSSR count). The Morgan fingerprint density at radius 2 is 2.30 bits per heavy atom. The third kappa shape index (κ3) is 3.62. The molecule has 1 amide bonds. The molecule has 5 heteroatoms. The Labute approximate surface area is 116 Å². The molecule has 1 atom stereocenters. The first-order chi connectivity index (χ1) is 9.69. The summed E-state index contributed by atoms with van der Waals surface area (Å²) >= 11 is 0. The van der Waals surface area contributed by atoms with Crippen LogP contribution in [0.2, 0.25) is 0 Å². The summed E-state index contributed by atoms with van der Waals surface area (Å²) in [6, 6.07) is 12.0. The van der Waals surface area contributed by atoms with E-state index in [0.29, 0.717) is 17.1 Å². The molecule has 1 heterocycles. The molecule has 0 aliphatic rings. The zero-order valence-electron chi connectivity index (χ0n) is 11.0. The number of carbonyl (C=O) groups excluding carboxylic acids is 1. The highest BCUT2D eigenvalue weighted by molar-refractivity contribution is 5.77. The lowest BCUT2D eigenvalue weighted by molar-refractivity contribution is -0.123. The van der Waals surface area contributed by atoms with Crippen LogP contribution in [0.4, 0.5) is 0 Å². The van der Waals surface area contributed by atoms with Gasteiger partial charge in [-0.15, -0.1) is 0 Å². The van der Waals surface area contributed by atoms with Crippen LogP contribution in [-0.2, 0) is 4.79 Å². The van der Waals surface area contributed by atoms with Gasteiger partial charge < -0.3 is 14.5 Å². The van der Waals surface area contributed by atoms with Gasteiger partial charge in [0, 0.05) is 0 Å². The number of nitrogens with zero attached hydrogens (tertiary/aromatic N) is 1. The predicted octanol–water partition coefficient (Wildman–Crippen LogP) is 2.41.